The number of thiocarbonyl (C=S) groups is 1. The number of aromatic nitrogens is 4. The van der Waals surface area contributed by atoms with Crippen LogP contribution in [0.5, 0.6) is 0 Å². The lowest BCUT2D eigenvalue weighted by atomic mass is 10.2. The van der Waals surface area contributed by atoms with Gasteiger partial charge in [0.2, 0.25) is 0 Å². The van der Waals surface area contributed by atoms with Gasteiger partial charge in [-0.2, -0.15) is 0 Å². The van der Waals surface area contributed by atoms with Gasteiger partial charge in [0, 0.05) is 19.8 Å². The van der Waals surface area contributed by atoms with Crippen molar-refractivity contribution in [1.82, 2.24) is 18.7 Å². The molecule has 1 aromatic carbocycles. The lowest BCUT2D eigenvalue weighted by molar-refractivity contribution is -0.113. The zero-order valence-electron chi connectivity index (χ0n) is 23.5. The van der Waals surface area contributed by atoms with Gasteiger partial charge < -0.3 is 5.32 Å². The van der Waals surface area contributed by atoms with E-state index in [2.05, 4.69) is 12.2 Å². The Morgan fingerprint density at radius 1 is 1.00 bits per heavy atom. The Hall–Kier alpha value is -3.96. The highest BCUT2D eigenvalue weighted by atomic mass is 32.2. The Morgan fingerprint density at radius 3 is 2.49 bits per heavy atom. The van der Waals surface area contributed by atoms with Gasteiger partial charge in [-0.05, 0) is 50.1 Å². The second-order valence-electron chi connectivity index (χ2n) is 9.98. The fraction of sp³-hybridized carbons (Fsp3) is 0.300. The van der Waals surface area contributed by atoms with Crippen molar-refractivity contribution in [2.24, 2.45) is 7.05 Å². The molecule has 1 aliphatic heterocycles. The fourth-order valence-corrected chi connectivity index (χ4v) is 6.19. The Morgan fingerprint density at radius 2 is 1.76 bits per heavy atom. The van der Waals surface area contributed by atoms with E-state index in [0.717, 1.165) is 43.0 Å². The summed E-state index contributed by atoms with van der Waals surface area (Å²) in [6.07, 6.45) is 7.48. The van der Waals surface area contributed by atoms with Gasteiger partial charge in [-0.15, -0.1) is 0 Å². The minimum Gasteiger partial charge on any atom is -0.369 e. The first-order chi connectivity index (χ1) is 19.7. The van der Waals surface area contributed by atoms with Crippen LogP contribution in [0, 0.1) is 13.8 Å². The summed E-state index contributed by atoms with van der Waals surface area (Å²) in [4.78, 5) is 47.4. The lowest BCUT2D eigenvalue weighted by Crippen LogP contribution is -2.33. The molecular weight excluding hydrogens is 557 g/mol. The molecule has 9 nitrogen and oxygen atoms in total. The van der Waals surface area contributed by atoms with Crippen molar-refractivity contribution in [1.29, 1.82) is 0 Å². The van der Waals surface area contributed by atoms with Crippen LogP contribution in [0.2, 0.25) is 0 Å². The molecule has 3 aromatic heterocycles. The Balaban J connectivity index is 1.57. The molecule has 1 aliphatic rings. The molecule has 0 bridgehead atoms. The molecule has 5 rings (SSSR count). The molecule has 0 radical (unpaired) electrons. The maximum Gasteiger partial charge on any atom is 0.296 e. The molecule has 0 aliphatic carbocycles. The number of nitrogens with one attached hydrogen (secondary N) is 1. The number of para-hydroxylation sites is 1. The quantitative estimate of drug-likeness (QED) is 0.163. The van der Waals surface area contributed by atoms with Crippen molar-refractivity contribution in [3.05, 3.63) is 91.1 Å². The molecule has 1 saturated heterocycles. The maximum absolute atomic E-state index is 13.8. The van der Waals surface area contributed by atoms with E-state index in [-0.39, 0.29) is 31.6 Å². The minimum absolute atomic E-state index is 0.195. The molecule has 0 atom stereocenters. The number of carbonyl (C=O) groups is 1. The number of nitrogens with zero attached hydrogens (tertiary/aromatic N) is 5. The molecule has 1 fully saturated rings. The number of amides is 1. The summed E-state index contributed by atoms with van der Waals surface area (Å²) in [5.41, 5.74) is 2.51. The first-order valence-electron chi connectivity index (χ1n) is 13.6. The third kappa shape index (κ3) is 5.27. The largest absolute Gasteiger partial charge is 0.369 e. The van der Waals surface area contributed by atoms with E-state index in [0.29, 0.717) is 29.4 Å². The van der Waals surface area contributed by atoms with Crippen molar-refractivity contribution in [2.75, 3.05) is 16.8 Å². The van der Waals surface area contributed by atoms with Gasteiger partial charge in [0.05, 0.1) is 21.8 Å². The highest BCUT2D eigenvalue weighted by molar-refractivity contribution is 8.27. The average Bonchev–Trinajstić information content (AvgIpc) is 3.35. The van der Waals surface area contributed by atoms with Crippen LogP contribution >= 0.6 is 24.0 Å². The molecular formula is C30H32N6O3S2. The van der Waals surface area contributed by atoms with Crippen molar-refractivity contribution >= 4 is 57.4 Å². The summed E-state index contributed by atoms with van der Waals surface area (Å²) in [5.74, 6) is -0.0259. The van der Waals surface area contributed by atoms with Gasteiger partial charge in [-0.3, -0.25) is 28.4 Å². The summed E-state index contributed by atoms with van der Waals surface area (Å²) in [6, 6.07) is 12.9. The zero-order valence-corrected chi connectivity index (χ0v) is 25.1. The number of hydrogen-bond acceptors (Lipinski definition) is 7. The number of pyridine rings is 1. The number of hydrogen-bond donors (Lipinski definition) is 1. The van der Waals surface area contributed by atoms with E-state index in [1.54, 1.807) is 37.0 Å². The van der Waals surface area contributed by atoms with Crippen LogP contribution in [0.3, 0.4) is 0 Å². The number of fused-ring (bicyclic) bond motifs is 1. The number of carbonyl (C=O) groups excluding carboxylic acids is 1. The fourth-order valence-electron chi connectivity index (χ4n) is 4.94. The predicted octanol–water partition coefficient (Wildman–Crippen LogP) is 5.20. The zero-order chi connectivity index (χ0) is 29.3. The van der Waals surface area contributed by atoms with Crippen LogP contribution in [-0.2, 0) is 11.8 Å². The normalized spacial score (nSPS) is 14.5. The van der Waals surface area contributed by atoms with Gasteiger partial charge in [0.25, 0.3) is 17.0 Å². The van der Waals surface area contributed by atoms with Gasteiger partial charge in [0.15, 0.2) is 4.32 Å². The predicted molar refractivity (Wildman–Crippen MR) is 170 cm³/mol. The van der Waals surface area contributed by atoms with Crippen molar-refractivity contribution < 1.29 is 4.79 Å². The van der Waals surface area contributed by atoms with Crippen LogP contribution in [0.25, 0.3) is 17.4 Å². The first kappa shape index (κ1) is 28.6. The van der Waals surface area contributed by atoms with Crippen molar-refractivity contribution in [3.63, 3.8) is 0 Å². The third-order valence-corrected chi connectivity index (χ3v) is 8.53. The summed E-state index contributed by atoms with van der Waals surface area (Å²) in [6.45, 7) is 6.49. The molecule has 212 valence electrons. The molecule has 0 saturated carbocycles. The van der Waals surface area contributed by atoms with E-state index in [1.807, 2.05) is 43.3 Å². The monoisotopic (exact) mass is 588 g/mol. The van der Waals surface area contributed by atoms with E-state index in [9.17, 15) is 14.4 Å². The number of benzene rings is 1. The molecule has 0 spiro atoms. The number of unbranched alkanes of at least 4 members (excludes halogenated alkanes) is 3. The van der Waals surface area contributed by atoms with Crippen LogP contribution in [0.4, 0.5) is 11.5 Å². The van der Waals surface area contributed by atoms with E-state index in [4.69, 9.17) is 17.2 Å². The van der Waals surface area contributed by atoms with Crippen molar-refractivity contribution in [3.8, 4) is 5.69 Å². The van der Waals surface area contributed by atoms with Crippen LogP contribution < -0.4 is 21.3 Å². The number of thioether (sulfide) groups is 1. The second kappa shape index (κ2) is 11.9. The topological polar surface area (TPSA) is 93.6 Å². The summed E-state index contributed by atoms with van der Waals surface area (Å²) < 4.78 is 4.93. The first-order valence-corrected chi connectivity index (χ1v) is 14.8. The van der Waals surface area contributed by atoms with E-state index < -0.39 is 5.91 Å². The highest BCUT2D eigenvalue weighted by Gasteiger charge is 2.38. The molecule has 41 heavy (non-hydrogen) atoms. The third-order valence-electron chi connectivity index (χ3n) is 7.22. The van der Waals surface area contributed by atoms with Crippen molar-refractivity contribution in [2.45, 2.75) is 46.5 Å². The molecule has 1 N–H and O–H groups in total. The van der Waals surface area contributed by atoms with E-state index in [1.165, 1.54) is 14.0 Å². The number of rotatable bonds is 9. The highest BCUT2D eigenvalue weighted by Crippen LogP contribution is 2.36. The molecule has 4 aromatic rings. The van der Waals surface area contributed by atoms with Gasteiger partial charge >= 0.3 is 0 Å². The smallest absolute Gasteiger partial charge is 0.296 e. The SMILES string of the molecule is CCCCCCNc1nc2c(C)cccn2c(=O)c1C=C1SC(=S)N(c2c(C)n(C)n(-c3ccccc3)c2=O)C1=O. The number of anilines is 2. The molecule has 0 unspecified atom stereocenters. The van der Waals surface area contributed by atoms with Crippen LogP contribution in [-0.4, -0.2) is 35.5 Å². The number of aryl methyl sites for hydroxylation is 1. The Labute approximate surface area is 247 Å². The minimum atomic E-state index is -0.450. The lowest BCUT2D eigenvalue weighted by Gasteiger charge is -2.13. The second-order valence-corrected chi connectivity index (χ2v) is 11.7. The van der Waals surface area contributed by atoms with Gasteiger partial charge in [0.1, 0.15) is 17.2 Å². The summed E-state index contributed by atoms with van der Waals surface area (Å²) >= 11 is 6.68. The van der Waals surface area contributed by atoms with Crippen LogP contribution in [0.1, 0.15) is 49.4 Å². The molecule has 4 heterocycles. The average molecular weight is 589 g/mol. The van der Waals surface area contributed by atoms with Crippen LogP contribution in [0.15, 0.2) is 63.2 Å². The molecule has 1 amide bonds. The summed E-state index contributed by atoms with van der Waals surface area (Å²) in [7, 11) is 1.77. The summed E-state index contributed by atoms with van der Waals surface area (Å²) in [5, 5.41) is 3.33. The van der Waals surface area contributed by atoms with E-state index >= 15 is 0 Å². The Kier molecular flexibility index (Phi) is 8.27. The van der Waals surface area contributed by atoms with Gasteiger partial charge in [-0.25, -0.2) is 9.67 Å². The standard InChI is InChI=1S/C30H32N6O3S2/c1-5-6-7-11-16-31-25-22(27(37)34-17-12-13-19(2)26(34)32-25)18-23-28(38)35(30(40)41-23)24-20(3)33(4)36(29(24)39)21-14-9-8-10-15-21/h8-10,12-15,17-18,31H,5-7,11,16H2,1-4H3. The van der Waals surface area contributed by atoms with Gasteiger partial charge in [-0.1, -0.05) is 74.4 Å². The molecule has 11 heteroatoms. The maximum atomic E-state index is 13.8. The Bertz CT molecular complexity index is 1800.